The summed E-state index contributed by atoms with van der Waals surface area (Å²) in [7, 11) is 1.70. The number of carbonyl (C=O) groups is 1. The molecule has 1 aromatic heterocycles. The minimum absolute atomic E-state index is 0.0651. The molecule has 0 atom stereocenters. The summed E-state index contributed by atoms with van der Waals surface area (Å²) >= 11 is 1.20. The second-order valence-electron chi connectivity index (χ2n) is 4.05. The van der Waals surface area contributed by atoms with Crippen LogP contribution in [0.4, 0.5) is 4.39 Å². The number of nitrogens with zero attached hydrogens (tertiary/aromatic N) is 1. The molecule has 0 spiro atoms. The molecule has 0 saturated carbocycles. The summed E-state index contributed by atoms with van der Waals surface area (Å²) in [6.45, 7) is 0.420. The Bertz CT molecular complexity index is 542. The molecule has 5 heteroatoms. The van der Waals surface area contributed by atoms with E-state index < -0.39 is 0 Å². The first kappa shape index (κ1) is 13.7. The topological polar surface area (TPSA) is 33.5 Å². The van der Waals surface area contributed by atoms with Gasteiger partial charge in [0, 0.05) is 11.9 Å². The van der Waals surface area contributed by atoms with Crippen molar-refractivity contribution in [1.82, 2.24) is 4.90 Å². The van der Waals surface area contributed by atoms with E-state index in [9.17, 15) is 9.18 Å². The molecule has 0 saturated heterocycles. The molecule has 0 aliphatic carbocycles. The third-order valence-electron chi connectivity index (χ3n) is 2.59. The lowest BCUT2D eigenvalue weighted by Crippen LogP contribution is -2.27. The minimum atomic E-state index is -0.297. The van der Waals surface area contributed by atoms with Crippen molar-refractivity contribution in [3.63, 3.8) is 0 Å². The molecule has 0 unspecified atom stereocenters. The minimum Gasteiger partial charge on any atom is -0.467 e. The first-order chi connectivity index (χ1) is 9.16. The van der Waals surface area contributed by atoms with Crippen molar-refractivity contribution in [1.29, 1.82) is 0 Å². The second-order valence-corrected chi connectivity index (χ2v) is 5.07. The predicted octanol–water partition coefficient (Wildman–Crippen LogP) is 3.17. The molecule has 0 fully saturated rings. The Hall–Kier alpha value is -1.75. The zero-order valence-corrected chi connectivity index (χ0v) is 11.3. The number of amides is 1. The van der Waals surface area contributed by atoms with Gasteiger partial charge in [-0.2, -0.15) is 0 Å². The molecule has 19 heavy (non-hydrogen) atoms. The third kappa shape index (κ3) is 3.86. The van der Waals surface area contributed by atoms with Gasteiger partial charge < -0.3 is 9.32 Å². The van der Waals surface area contributed by atoms with Gasteiger partial charge in [-0.25, -0.2) is 4.39 Å². The van der Waals surface area contributed by atoms with Gasteiger partial charge in [0.25, 0.3) is 0 Å². The Labute approximate surface area is 115 Å². The molecular formula is C14H14FNO2S. The lowest BCUT2D eigenvalue weighted by Gasteiger charge is -2.15. The summed E-state index contributed by atoms with van der Waals surface area (Å²) in [5.41, 5.74) is 0. The summed E-state index contributed by atoms with van der Waals surface area (Å²) in [5, 5.41) is 0. The molecule has 2 rings (SSSR count). The number of benzene rings is 1. The van der Waals surface area contributed by atoms with E-state index in [0.717, 1.165) is 5.76 Å². The van der Waals surface area contributed by atoms with Crippen LogP contribution in [0.15, 0.2) is 52.0 Å². The van der Waals surface area contributed by atoms with E-state index in [1.165, 1.54) is 17.8 Å². The molecule has 3 nitrogen and oxygen atoms in total. The van der Waals surface area contributed by atoms with Crippen LogP contribution in [0.5, 0.6) is 0 Å². The van der Waals surface area contributed by atoms with E-state index >= 15 is 0 Å². The van der Waals surface area contributed by atoms with Crippen LogP contribution in [0, 0.1) is 5.82 Å². The Morgan fingerprint density at radius 2 is 2.11 bits per heavy atom. The first-order valence-corrected chi connectivity index (χ1v) is 6.79. The summed E-state index contributed by atoms with van der Waals surface area (Å²) in [4.78, 5) is 13.9. The zero-order chi connectivity index (χ0) is 13.7. The van der Waals surface area contributed by atoms with Crippen molar-refractivity contribution in [2.75, 3.05) is 12.8 Å². The molecule has 0 aliphatic heterocycles. The number of carbonyl (C=O) groups excluding carboxylic acids is 1. The van der Waals surface area contributed by atoms with E-state index in [-0.39, 0.29) is 17.5 Å². The maximum absolute atomic E-state index is 13.4. The monoisotopic (exact) mass is 279 g/mol. The van der Waals surface area contributed by atoms with Crippen LogP contribution in [0.2, 0.25) is 0 Å². The van der Waals surface area contributed by atoms with Crippen LogP contribution in [-0.2, 0) is 11.3 Å². The fraction of sp³-hybridized carbons (Fsp3) is 0.214. The molecule has 0 bridgehead atoms. The SMILES string of the molecule is CN(Cc1ccco1)C(=O)CSc1ccccc1F. The quantitative estimate of drug-likeness (QED) is 0.788. The molecule has 1 amide bonds. The fourth-order valence-corrected chi connectivity index (χ4v) is 2.42. The number of halogens is 1. The zero-order valence-electron chi connectivity index (χ0n) is 10.5. The highest BCUT2D eigenvalue weighted by Gasteiger charge is 2.12. The van der Waals surface area contributed by atoms with Crippen LogP contribution >= 0.6 is 11.8 Å². The summed E-state index contributed by atoms with van der Waals surface area (Å²) in [5.74, 6) is 0.573. The van der Waals surface area contributed by atoms with Crippen LogP contribution < -0.4 is 0 Å². The number of hydrogen-bond donors (Lipinski definition) is 0. The van der Waals surface area contributed by atoms with Crippen molar-refractivity contribution in [2.45, 2.75) is 11.4 Å². The number of thioether (sulfide) groups is 1. The smallest absolute Gasteiger partial charge is 0.233 e. The first-order valence-electron chi connectivity index (χ1n) is 5.80. The van der Waals surface area contributed by atoms with Gasteiger partial charge in [0.15, 0.2) is 0 Å². The lowest BCUT2D eigenvalue weighted by atomic mass is 10.3. The Kier molecular flexibility index (Phi) is 4.63. The van der Waals surface area contributed by atoms with Crippen molar-refractivity contribution in [3.8, 4) is 0 Å². The highest BCUT2D eigenvalue weighted by Crippen LogP contribution is 2.21. The Morgan fingerprint density at radius 1 is 1.32 bits per heavy atom. The van der Waals surface area contributed by atoms with Gasteiger partial charge in [0.1, 0.15) is 11.6 Å². The Morgan fingerprint density at radius 3 is 2.79 bits per heavy atom. The highest BCUT2D eigenvalue weighted by molar-refractivity contribution is 8.00. The predicted molar refractivity (Wildman–Crippen MR) is 72.3 cm³/mol. The van der Waals surface area contributed by atoms with Crippen LogP contribution in [0.3, 0.4) is 0 Å². The average molecular weight is 279 g/mol. The molecule has 0 N–H and O–H groups in total. The number of furan rings is 1. The van der Waals surface area contributed by atoms with Gasteiger partial charge in [0.05, 0.1) is 18.6 Å². The molecule has 0 radical (unpaired) electrons. The summed E-state index contributed by atoms with van der Waals surface area (Å²) < 4.78 is 18.6. The summed E-state index contributed by atoms with van der Waals surface area (Å²) in [6, 6.07) is 10.0. The van der Waals surface area contributed by atoms with Gasteiger partial charge in [-0.15, -0.1) is 11.8 Å². The van der Waals surface area contributed by atoms with E-state index in [0.29, 0.717) is 11.4 Å². The van der Waals surface area contributed by atoms with E-state index in [1.807, 2.05) is 6.07 Å². The number of hydrogen-bond acceptors (Lipinski definition) is 3. The van der Waals surface area contributed by atoms with Crippen LogP contribution in [0.25, 0.3) is 0 Å². The van der Waals surface area contributed by atoms with Gasteiger partial charge in [0.2, 0.25) is 5.91 Å². The van der Waals surface area contributed by atoms with Gasteiger partial charge in [-0.1, -0.05) is 12.1 Å². The van der Waals surface area contributed by atoms with Crippen LogP contribution in [0.1, 0.15) is 5.76 Å². The second kappa shape index (κ2) is 6.43. The Balaban J connectivity index is 1.86. The van der Waals surface area contributed by atoms with E-state index in [4.69, 9.17) is 4.42 Å². The molecule has 2 aromatic rings. The maximum atomic E-state index is 13.4. The van der Waals surface area contributed by atoms with Crippen LogP contribution in [-0.4, -0.2) is 23.6 Å². The standard InChI is InChI=1S/C14H14FNO2S/c1-16(9-11-5-4-8-18-11)14(17)10-19-13-7-3-2-6-12(13)15/h2-8H,9-10H2,1H3. The van der Waals surface area contributed by atoms with Crippen molar-refractivity contribution >= 4 is 17.7 Å². The van der Waals surface area contributed by atoms with Gasteiger partial charge in [-0.05, 0) is 24.3 Å². The van der Waals surface area contributed by atoms with Crippen molar-refractivity contribution in [3.05, 3.63) is 54.2 Å². The number of rotatable bonds is 5. The third-order valence-corrected chi connectivity index (χ3v) is 3.62. The van der Waals surface area contributed by atoms with Crippen molar-refractivity contribution < 1.29 is 13.6 Å². The maximum Gasteiger partial charge on any atom is 0.233 e. The molecule has 1 heterocycles. The average Bonchev–Trinajstić information content (AvgIpc) is 2.90. The highest BCUT2D eigenvalue weighted by atomic mass is 32.2. The van der Waals surface area contributed by atoms with Gasteiger partial charge in [-0.3, -0.25) is 4.79 Å². The largest absolute Gasteiger partial charge is 0.467 e. The molecule has 0 aliphatic rings. The van der Waals surface area contributed by atoms with E-state index in [2.05, 4.69) is 0 Å². The normalized spacial score (nSPS) is 10.4. The molecule has 1 aromatic carbocycles. The molecule has 100 valence electrons. The van der Waals surface area contributed by atoms with Gasteiger partial charge >= 0.3 is 0 Å². The van der Waals surface area contributed by atoms with E-state index in [1.54, 1.807) is 42.5 Å². The lowest BCUT2D eigenvalue weighted by molar-refractivity contribution is -0.127. The fourth-order valence-electron chi connectivity index (χ4n) is 1.54. The van der Waals surface area contributed by atoms with Crippen molar-refractivity contribution in [2.24, 2.45) is 0 Å². The summed E-state index contributed by atoms with van der Waals surface area (Å²) in [6.07, 6.45) is 1.57. The molecular weight excluding hydrogens is 265 g/mol.